The summed E-state index contributed by atoms with van der Waals surface area (Å²) in [6, 6.07) is 1.92. The van der Waals surface area contributed by atoms with Gasteiger partial charge in [-0.2, -0.15) is 0 Å². The summed E-state index contributed by atoms with van der Waals surface area (Å²) in [6.07, 6.45) is 8.03. The summed E-state index contributed by atoms with van der Waals surface area (Å²) in [5.74, 6) is 1.82. The Bertz CT molecular complexity index is 437. The Kier molecular flexibility index (Phi) is 3.26. The highest BCUT2D eigenvalue weighted by Crippen LogP contribution is 2.12. The molecule has 2 aromatic rings. The van der Waals surface area contributed by atoms with Crippen molar-refractivity contribution in [3.05, 3.63) is 42.5 Å². The quantitative estimate of drug-likeness (QED) is 0.819. The van der Waals surface area contributed by atoms with Crippen LogP contribution < -0.4 is 5.32 Å². The minimum atomic E-state index is 0.0994. The predicted molar refractivity (Wildman–Crippen MR) is 60.7 cm³/mol. The lowest BCUT2D eigenvalue weighted by atomic mass is 10.2. The van der Waals surface area contributed by atoms with Crippen molar-refractivity contribution in [3.63, 3.8) is 0 Å². The molecular weight excluding hydrogens is 202 g/mol. The van der Waals surface area contributed by atoms with E-state index in [0.29, 0.717) is 0 Å². The number of rotatable bonds is 4. The van der Waals surface area contributed by atoms with Gasteiger partial charge < -0.3 is 9.88 Å². The Hall–Kier alpha value is -1.75. The third-order valence-corrected chi connectivity index (χ3v) is 2.55. The Balaban J connectivity index is 2.16. The smallest absolute Gasteiger partial charge is 0.145 e. The molecular formula is C11H15N5. The van der Waals surface area contributed by atoms with Gasteiger partial charge in [-0.25, -0.2) is 15.0 Å². The summed E-state index contributed by atoms with van der Waals surface area (Å²) in [5, 5.41) is 3.21. The second-order valence-corrected chi connectivity index (χ2v) is 3.61. The second kappa shape index (κ2) is 4.85. The van der Waals surface area contributed by atoms with E-state index in [2.05, 4.69) is 20.3 Å². The molecule has 0 aliphatic carbocycles. The maximum Gasteiger partial charge on any atom is 0.145 e. The largest absolute Gasteiger partial charge is 0.338 e. The average Bonchev–Trinajstić information content (AvgIpc) is 2.73. The van der Waals surface area contributed by atoms with Gasteiger partial charge in [-0.3, -0.25) is 0 Å². The Labute approximate surface area is 94.6 Å². The van der Waals surface area contributed by atoms with Gasteiger partial charge in [0.05, 0.1) is 6.04 Å². The van der Waals surface area contributed by atoms with Crippen molar-refractivity contribution in [1.29, 1.82) is 0 Å². The van der Waals surface area contributed by atoms with Gasteiger partial charge in [0.25, 0.3) is 0 Å². The van der Waals surface area contributed by atoms with Crippen molar-refractivity contribution in [2.45, 2.75) is 12.5 Å². The molecule has 0 spiro atoms. The minimum Gasteiger partial charge on any atom is -0.338 e. The SMILES string of the molecule is CNC(Cc1nccn1C)c1ncccn1. The Morgan fingerprint density at radius 1 is 1.25 bits per heavy atom. The van der Waals surface area contributed by atoms with Crippen LogP contribution in [0.5, 0.6) is 0 Å². The van der Waals surface area contributed by atoms with Gasteiger partial charge in [-0.1, -0.05) is 0 Å². The molecule has 16 heavy (non-hydrogen) atoms. The van der Waals surface area contributed by atoms with Crippen LogP contribution in [0.4, 0.5) is 0 Å². The molecule has 1 unspecified atom stereocenters. The summed E-state index contributed by atoms with van der Waals surface area (Å²) >= 11 is 0. The van der Waals surface area contributed by atoms with Crippen molar-refractivity contribution >= 4 is 0 Å². The van der Waals surface area contributed by atoms with E-state index < -0.39 is 0 Å². The maximum atomic E-state index is 4.30. The molecule has 84 valence electrons. The molecule has 0 saturated heterocycles. The van der Waals surface area contributed by atoms with E-state index in [-0.39, 0.29) is 6.04 Å². The predicted octanol–water partition coefficient (Wildman–Crippen LogP) is 0.713. The number of hydrogen-bond donors (Lipinski definition) is 1. The lowest BCUT2D eigenvalue weighted by Crippen LogP contribution is -2.22. The number of hydrogen-bond acceptors (Lipinski definition) is 4. The first-order valence-corrected chi connectivity index (χ1v) is 5.21. The third kappa shape index (κ3) is 2.25. The molecule has 0 amide bonds. The van der Waals surface area contributed by atoms with Crippen molar-refractivity contribution < 1.29 is 0 Å². The Morgan fingerprint density at radius 3 is 2.56 bits per heavy atom. The van der Waals surface area contributed by atoms with Crippen molar-refractivity contribution in [2.75, 3.05) is 7.05 Å². The normalized spacial score (nSPS) is 12.6. The molecule has 0 radical (unpaired) electrons. The van der Waals surface area contributed by atoms with E-state index in [0.717, 1.165) is 18.1 Å². The van der Waals surface area contributed by atoms with Crippen molar-refractivity contribution in [2.24, 2.45) is 7.05 Å². The molecule has 5 heteroatoms. The Morgan fingerprint density at radius 2 is 2.00 bits per heavy atom. The summed E-state index contributed by atoms with van der Waals surface area (Å²) in [6.45, 7) is 0. The van der Waals surface area contributed by atoms with Crippen LogP contribution in [0.3, 0.4) is 0 Å². The fourth-order valence-corrected chi connectivity index (χ4v) is 1.59. The lowest BCUT2D eigenvalue weighted by molar-refractivity contribution is 0.534. The van der Waals surface area contributed by atoms with E-state index in [9.17, 15) is 0 Å². The molecule has 5 nitrogen and oxygen atoms in total. The van der Waals surface area contributed by atoms with Gasteiger partial charge in [-0.05, 0) is 13.1 Å². The summed E-state index contributed by atoms with van der Waals surface area (Å²) < 4.78 is 2.01. The number of nitrogens with one attached hydrogen (secondary N) is 1. The first-order chi connectivity index (χ1) is 7.81. The van der Waals surface area contributed by atoms with E-state index in [1.54, 1.807) is 18.6 Å². The van der Waals surface area contributed by atoms with Gasteiger partial charge in [0.15, 0.2) is 0 Å². The molecule has 0 aliphatic rings. The van der Waals surface area contributed by atoms with Crippen LogP contribution in [0.2, 0.25) is 0 Å². The highest BCUT2D eigenvalue weighted by molar-refractivity contribution is 5.02. The van der Waals surface area contributed by atoms with Crippen LogP contribution in [-0.2, 0) is 13.5 Å². The van der Waals surface area contributed by atoms with Gasteiger partial charge in [0.2, 0.25) is 0 Å². The number of likely N-dealkylation sites (N-methyl/N-ethyl adjacent to an activating group) is 1. The van der Waals surface area contributed by atoms with Gasteiger partial charge in [-0.15, -0.1) is 0 Å². The summed E-state index contributed by atoms with van der Waals surface area (Å²) in [4.78, 5) is 12.8. The maximum absolute atomic E-state index is 4.30. The highest BCUT2D eigenvalue weighted by atomic mass is 15.1. The molecule has 0 saturated carbocycles. The molecule has 0 aliphatic heterocycles. The minimum absolute atomic E-state index is 0.0994. The van der Waals surface area contributed by atoms with Crippen LogP contribution in [0.25, 0.3) is 0 Å². The standard InChI is InChI=1S/C11H15N5/c1-12-9(11-14-4-3-5-15-11)8-10-13-6-7-16(10)2/h3-7,9,12H,8H2,1-2H3. The van der Waals surface area contributed by atoms with Crippen LogP contribution in [0.1, 0.15) is 17.7 Å². The van der Waals surface area contributed by atoms with Crippen LogP contribution >= 0.6 is 0 Å². The third-order valence-electron chi connectivity index (χ3n) is 2.55. The molecule has 0 aromatic carbocycles. The fraction of sp³-hybridized carbons (Fsp3) is 0.364. The van der Waals surface area contributed by atoms with Crippen molar-refractivity contribution in [3.8, 4) is 0 Å². The summed E-state index contributed by atoms with van der Waals surface area (Å²) in [5.41, 5.74) is 0. The molecule has 2 heterocycles. The van der Waals surface area contributed by atoms with Crippen molar-refractivity contribution in [1.82, 2.24) is 24.8 Å². The molecule has 2 aromatic heterocycles. The van der Waals surface area contributed by atoms with Crippen LogP contribution in [0, 0.1) is 0 Å². The number of nitrogens with zero attached hydrogens (tertiary/aromatic N) is 4. The van der Waals surface area contributed by atoms with Gasteiger partial charge >= 0.3 is 0 Å². The number of imidazole rings is 1. The molecule has 2 rings (SSSR count). The van der Waals surface area contributed by atoms with E-state index in [1.807, 2.05) is 30.9 Å². The van der Waals surface area contributed by atoms with Crippen LogP contribution in [-0.4, -0.2) is 26.6 Å². The monoisotopic (exact) mass is 217 g/mol. The summed E-state index contributed by atoms with van der Waals surface area (Å²) in [7, 11) is 3.89. The van der Waals surface area contributed by atoms with E-state index >= 15 is 0 Å². The average molecular weight is 217 g/mol. The lowest BCUT2D eigenvalue weighted by Gasteiger charge is -2.13. The fourth-order valence-electron chi connectivity index (χ4n) is 1.59. The van der Waals surface area contributed by atoms with Gasteiger partial charge in [0, 0.05) is 38.3 Å². The van der Waals surface area contributed by atoms with E-state index in [1.165, 1.54) is 0 Å². The first kappa shape index (κ1) is 10.8. The first-order valence-electron chi connectivity index (χ1n) is 5.21. The molecule has 1 N–H and O–H groups in total. The topological polar surface area (TPSA) is 55.6 Å². The second-order valence-electron chi connectivity index (χ2n) is 3.61. The highest BCUT2D eigenvalue weighted by Gasteiger charge is 2.14. The van der Waals surface area contributed by atoms with Gasteiger partial charge in [0.1, 0.15) is 11.6 Å². The zero-order chi connectivity index (χ0) is 11.4. The molecule has 0 bridgehead atoms. The zero-order valence-corrected chi connectivity index (χ0v) is 9.46. The van der Waals surface area contributed by atoms with Crippen LogP contribution in [0.15, 0.2) is 30.9 Å². The molecule has 0 fully saturated rings. The molecule has 1 atom stereocenters. The zero-order valence-electron chi connectivity index (χ0n) is 9.46. The number of aryl methyl sites for hydroxylation is 1. The van der Waals surface area contributed by atoms with E-state index in [4.69, 9.17) is 0 Å². The number of aromatic nitrogens is 4.